The smallest absolute Gasteiger partial charge is 0.168 e. The van der Waals surface area contributed by atoms with Gasteiger partial charge in [0.15, 0.2) is 5.11 Å². The SMILES string of the molecule is CNC(=S)N(C)Cc1ccco1. The highest BCUT2D eigenvalue weighted by molar-refractivity contribution is 7.80. The fraction of sp³-hybridized carbons (Fsp3) is 0.375. The van der Waals surface area contributed by atoms with Crippen LogP contribution < -0.4 is 5.32 Å². The number of furan rings is 1. The van der Waals surface area contributed by atoms with Crippen LogP contribution in [0.2, 0.25) is 0 Å². The Labute approximate surface area is 77.4 Å². The van der Waals surface area contributed by atoms with Crippen LogP contribution in [0, 0.1) is 0 Å². The molecule has 12 heavy (non-hydrogen) atoms. The van der Waals surface area contributed by atoms with Crippen LogP contribution in [-0.4, -0.2) is 24.1 Å². The lowest BCUT2D eigenvalue weighted by atomic mass is 10.4. The fourth-order valence-corrected chi connectivity index (χ4v) is 0.964. The minimum Gasteiger partial charge on any atom is -0.467 e. The Hall–Kier alpha value is -1.03. The minimum absolute atomic E-state index is 0.701. The normalized spacial score (nSPS) is 9.50. The van der Waals surface area contributed by atoms with Crippen molar-refractivity contribution in [1.82, 2.24) is 10.2 Å². The zero-order valence-corrected chi connectivity index (χ0v) is 8.02. The molecule has 0 aromatic carbocycles. The zero-order chi connectivity index (χ0) is 8.97. The molecule has 1 rings (SSSR count). The summed E-state index contributed by atoms with van der Waals surface area (Å²) in [5, 5.41) is 3.61. The van der Waals surface area contributed by atoms with Gasteiger partial charge in [0.25, 0.3) is 0 Å². The summed E-state index contributed by atoms with van der Waals surface area (Å²) < 4.78 is 5.17. The Morgan fingerprint density at radius 1 is 1.75 bits per heavy atom. The van der Waals surface area contributed by atoms with Crippen LogP contribution in [0.1, 0.15) is 5.76 Å². The van der Waals surface area contributed by atoms with E-state index < -0.39 is 0 Å². The van der Waals surface area contributed by atoms with E-state index in [2.05, 4.69) is 5.32 Å². The Morgan fingerprint density at radius 2 is 2.50 bits per heavy atom. The third-order valence-corrected chi connectivity index (χ3v) is 2.05. The molecule has 1 N–H and O–H groups in total. The number of thiocarbonyl (C=S) groups is 1. The van der Waals surface area contributed by atoms with E-state index >= 15 is 0 Å². The standard InChI is InChI=1S/C8H12N2OS/c1-9-8(12)10(2)6-7-4-3-5-11-7/h3-5H,6H2,1-2H3,(H,9,12). The molecule has 0 saturated carbocycles. The molecule has 0 aliphatic heterocycles. The third kappa shape index (κ3) is 2.23. The minimum atomic E-state index is 0.701. The summed E-state index contributed by atoms with van der Waals surface area (Å²) in [6, 6.07) is 3.79. The number of rotatable bonds is 2. The predicted molar refractivity (Wildman–Crippen MR) is 51.8 cm³/mol. The Balaban J connectivity index is 2.47. The quantitative estimate of drug-likeness (QED) is 0.699. The summed E-state index contributed by atoms with van der Waals surface area (Å²) >= 11 is 5.02. The van der Waals surface area contributed by atoms with Crippen molar-refractivity contribution in [3.63, 3.8) is 0 Å². The summed E-state index contributed by atoms with van der Waals surface area (Å²) in [7, 11) is 3.72. The van der Waals surface area contributed by atoms with Crippen LogP contribution in [0.3, 0.4) is 0 Å². The molecule has 0 fully saturated rings. The van der Waals surface area contributed by atoms with Crippen LogP contribution in [-0.2, 0) is 6.54 Å². The van der Waals surface area contributed by atoms with Crippen LogP contribution in [0.15, 0.2) is 22.8 Å². The summed E-state index contributed by atoms with van der Waals surface area (Å²) in [5.41, 5.74) is 0. The van der Waals surface area contributed by atoms with E-state index in [1.165, 1.54) is 0 Å². The number of nitrogens with one attached hydrogen (secondary N) is 1. The van der Waals surface area contributed by atoms with Gasteiger partial charge in [-0.15, -0.1) is 0 Å². The van der Waals surface area contributed by atoms with Gasteiger partial charge < -0.3 is 14.6 Å². The van der Waals surface area contributed by atoms with Gasteiger partial charge in [-0.2, -0.15) is 0 Å². The number of hydrogen-bond donors (Lipinski definition) is 1. The number of nitrogens with zero attached hydrogens (tertiary/aromatic N) is 1. The first-order valence-electron chi connectivity index (χ1n) is 3.69. The first-order chi connectivity index (χ1) is 5.74. The molecular weight excluding hydrogens is 172 g/mol. The molecule has 0 unspecified atom stereocenters. The molecule has 0 radical (unpaired) electrons. The van der Waals surface area contributed by atoms with Crippen molar-refractivity contribution in [2.45, 2.75) is 6.54 Å². The second-order valence-corrected chi connectivity index (χ2v) is 2.88. The molecule has 1 aromatic heterocycles. The molecule has 0 atom stereocenters. The Morgan fingerprint density at radius 3 is 3.00 bits per heavy atom. The van der Waals surface area contributed by atoms with E-state index in [1.807, 2.05) is 24.1 Å². The fourth-order valence-electron chi connectivity index (χ4n) is 0.899. The van der Waals surface area contributed by atoms with Gasteiger partial charge in [0.05, 0.1) is 12.8 Å². The molecular formula is C8H12N2OS. The lowest BCUT2D eigenvalue weighted by Crippen LogP contribution is -2.33. The molecule has 0 amide bonds. The highest BCUT2D eigenvalue weighted by Crippen LogP contribution is 2.03. The van der Waals surface area contributed by atoms with Gasteiger partial charge >= 0.3 is 0 Å². The first kappa shape index (κ1) is 9.06. The van der Waals surface area contributed by atoms with Crippen LogP contribution >= 0.6 is 12.2 Å². The molecule has 0 saturated heterocycles. The maximum absolute atomic E-state index is 5.17. The summed E-state index contributed by atoms with van der Waals surface area (Å²) in [4.78, 5) is 1.91. The van der Waals surface area contributed by atoms with Gasteiger partial charge in [-0.1, -0.05) is 0 Å². The van der Waals surface area contributed by atoms with Crippen molar-refractivity contribution in [3.05, 3.63) is 24.2 Å². The van der Waals surface area contributed by atoms with Gasteiger partial charge in [0.1, 0.15) is 5.76 Å². The maximum Gasteiger partial charge on any atom is 0.168 e. The highest BCUT2D eigenvalue weighted by atomic mass is 32.1. The van der Waals surface area contributed by atoms with Crippen molar-refractivity contribution in [2.75, 3.05) is 14.1 Å². The van der Waals surface area contributed by atoms with Gasteiger partial charge in [-0.05, 0) is 24.4 Å². The van der Waals surface area contributed by atoms with E-state index in [0.717, 1.165) is 5.76 Å². The predicted octanol–water partition coefficient (Wildman–Crippen LogP) is 1.22. The third-order valence-electron chi connectivity index (χ3n) is 1.53. The maximum atomic E-state index is 5.17. The lowest BCUT2D eigenvalue weighted by Gasteiger charge is -2.17. The van der Waals surface area contributed by atoms with E-state index in [1.54, 1.807) is 13.3 Å². The van der Waals surface area contributed by atoms with Crippen LogP contribution in [0.25, 0.3) is 0 Å². The molecule has 0 aliphatic carbocycles. The molecule has 0 spiro atoms. The molecule has 3 nitrogen and oxygen atoms in total. The van der Waals surface area contributed by atoms with Gasteiger partial charge in [-0.3, -0.25) is 0 Å². The van der Waals surface area contributed by atoms with Gasteiger partial charge in [0.2, 0.25) is 0 Å². The van der Waals surface area contributed by atoms with Crippen molar-refractivity contribution in [3.8, 4) is 0 Å². The van der Waals surface area contributed by atoms with Crippen molar-refractivity contribution >= 4 is 17.3 Å². The molecule has 1 heterocycles. The van der Waals surface area contributed by atoms with Crippen LogP contribution in [0.5, 0.6) is 0 Å². The average Bonchev–Trinajstić information content (AvgIpc) is 2.55. The Kier molecular flexibility index (Phi) is 3.10. The number of hydrogen-bond acceptors (Lipinski definition) is 2. The molecule has 66 valence electrons. The van der Waals surface area contributed by atoms with E-state index in [4.69, 9.17) is 16.6 Å². The molecule has 0 bridgehead atoms. The second kappa shape index (κ2) is 4.11. The Bertz CT molecular complexity index is 246. The van der Waals surface area contributed by atoms with Gasteiger partial charge in [-0.25, -0.2) is 0 Å². The monoisotopic (exact) mass is 184 g/mol. The van der Waals surface area contributed by atoms with Crippen molar-refractivity contribution < 1.29 is 4.42 Å². The van der Waals surface area contributed by atoms with Crippen molar-refractivity contribution in [2.24, 2.45) is 0 Å². The van der Waals surface area contributed by atoms with Crippen LogP contribution in [0.4, 0.5) is 0 Å². The first-order valence-corrected chi connectivity index (χ1v) is 4.10. The lowest BCUT2D eigenvalue weighted by molar-refractivity contribution is 0.408. The van der Waals surface area contributed by atoms with E-state index in [9.17, 15) is 0 Å². The van der Waals surface area contributed by atoms with Gasteiger partial charge in [0, 0.05) is 14.1 Å². The van der Waals surface area contributed by atoms with Crippen molar-refractivity contribution in [1.29, 1.82) is 0 Å². The van der Waals surface area contributed by atoms with E-state index in [-0.39, 0.29) is 0 Å². The molecule has 0 aliphatic rings. The summed E-state index contributed by atoms with van der Waals surface area (Å²) in [5.74, 6) is 0.912. The molecule has 1 aromatic rings. The van der Waals surface area contributed by atoms with E-state index in [0.29, 0.717) is 11.7 Å². The molecule has 4 heteroatoms. The highest BCUT2D eigenvalue weighted by Gasteiger charge is 2.03. The summed E-state index contributed by atoms with van der Waals surface area (Å²) in [6.45, 7) is 0.701. The average molecular weight is 184 g/mol. The zero-order valence-electron chi connectivity index (χ0n) is 7.20. The summed E-state index contributed by atoms with van der Waals surface area (Å²) in [6.07, 6.45) is 1.66. The second-order valence-electron chi connectivity index (χ2n) is 2.49. The largest absolute Gasteiger partial charge is 0.467 e. The topological polar surface area (TPSA) is 28.4 Å².